The van der Waals surface area contributed by atoms with E-state index in [0.717, 1.165) is 28.7 Å². The minimum Gasteiger partial charge on any atom is -0.384 e. The zero-order chi connectivity index (χ0) is 14.7. The van der Waals surface area contributed by atoms with Gasteiger partial charge in [0, 0.05) is 24.2 Å². The third-order valence-corrected chi connectivity index (χ3v) is 3.29. The van der Waals surface area contributed by atoms with Crippen LogP contribution in [-0.4, -0.2) is 21.3 Å². The van der Waals surface area contributed by atoms with Crippen molar-refractivity contribution in [2.75, 3.05) is 11.9 Å². The van der Waals surface area contributed by atoms with E-state index in [0.29, 0.717) is 6.54 Å². The van der Waals surface area contributed by atoms with E-state index in [1.807, 2.05) is 37.3 Å². The molecule has 0 unspecified atom stereocenters. The fraction of sp³-hybridized carbons (Fsp3) is 0.188. The molecule has 106 valence electrons. The minimum absolute atomic E-state index is 0.124. The van der Waals surface area contributed by atoms with Gasteiger partial charge in [0.05, 0.1) is 23.9 Å². The van der Waals surface area contributed by atoms with Crippen LogP contribution in [0.3, 0.4) is 0 Å². The van der Waals surface area contributed by atoms with Crippen LogP contribution >= 0.6 is 0 Å². The van der Waals surface area contributed by atoms with Crippen LogP contribution < -0.4 is 10.9 Å². The Morgan fingerprint density at radius 1 is 1.24 bits per heavy atom. The lowest BCUT2D eigenvalue weighted by molar-refractivity contribution is 0.641. The fourth-order valence-corrected chi connectivity index (χ4v) is 2.31. The van der Waals surface area contributed by atoms with Gasteiger partial charge in [-0.3, -0.25) is 9.78 Å². The summed E-state index contributed by atoms with van der Waals surface area (Å²) in [5.41, 5.74) is 2.51. The van der Waals surface area contributed by atoms with Crippen molar-refractivity contribution in [2.45, 2.75) is 13.5 Å². The molecule has 2 heterocycles. The van der Waals surface area contributed by atoms with Crippen molar-refractivity contribution in [1.29, 1.82) is 0 Å². The van der Waals surface area contributed by atoms with E-state index in [1.54, 1.807) is 18.5 Å². The summed E-state index contributed by atoms with van der Waals surface area (Å²) in [6.07, 6.45) is 3.43. The summed E-state index contributed by atoms with van der Waals surface area (Å²) in [6, 6.07) is 11.4. The third-order valence-electron chi connectivity index (χ3n) is 3.29. The highest BCUT2D eigenvalue weighted by Crippen LogP contribution is 2.16. The molecular weight excluding hydrogens is 264 g/mol. The number of benzene rings is 1. The Labute approximate surface area is 122 Å². The van der Waals surface area contributed by atoms with Gasteiger partial charge < -0.3 is 5.32 Å². The predicted octanol–water partition coefficient (Wildman–Crippen LogP) is 2.27. The number of fused-ring (bicyclic) bond motifs is 1. The van der Waals surface area contributed by atoms with Gasteiger partial charge in [-0.1, -0.05) is 24.3 Å². The van der Waals surface area contributed by atoms with Crippen molar-refractivity contribution in [1.82, 2.24) is 14.8 Å². The summed E-state index contributed by atoms with van der Waals surface area (Å²) in [4.78, 5) is 16.5. The predicted molar refractivity (Wildman–Crippen MR) is 83.5 cm³/mol. The van der Waals surface area contributed by atoms with Crippen LogP contribution in [0.2, 0.25) is 0 Å². The highest BCUT2D eigenvalue weighted by molar-refractivity contribution is 5.81. The second-order valence-electron chi connectivity index (χ2n) is 4.76. The lowest BCUT2D eigenvalue weighted by Gasteiger charge is -2.08. The third kappa shape index (κ3) is 2.76. The van der Waals surface area contributed by atoms with Gasteiger partial charge in [0.15, 0.2) is 0 Å². The van der Waals surface area contributed by atoms with E-state index in [1.165, 1.54) is 4.68 Å². The summed E-state index contributed by atoms with van der Waals surface area (Å²) in [5, 5.41) is 8.36. The molecule has 1 N–H and O–H groups in total. The molecule has 3 rings (SSSR count). The van der Waals surface area contributed by atoms with E-state index in [4.69, 9.17) is 0 Å². The number of anilines is 1. The van der Waals surface area contributed by atoms with Gasteiger partial charge in [-0.05, 0) is 18.6 Å². The van der Waals surface area contributed by atoms with Crippen LogP contribution in [0.5, 0.6) is 0 Å². The van der Waals surface area contributed by atoms with Crippen LogP contribution in [0.4, 0.5) is 5.69 Å². The van der Waals surface area contributed by atoms with E-state index in [-0.39, 0.29) is 5.56 Å². The Kier molecular flexibility index (Phi) is 3.64. The molecule has 21 heavy (non-hydrogen) atoms. The van der Waals surface area contributed by atoms with Crippen LogP contribution in [-0.2, 0) is 6.54 Å². The van der Waals surface area contributed by atoms with Gasteiger partial charge in [0.2, 0.25) is 0 Å². The molecule has 0 fully saturated rings. The Hall–Kier alpha value is -2.69. The number of hydrogen-bond donors (Lipinski definition) is 1. The number of pyridine rings is 1. The number of rotatable bonds is 4. The topological polar surface area (TPSA) is 59.8 Å². The Balaban J connectivity index is 1.97. The molecule has 2 aromatic heterocycles. The van der Waals surface area contributed by atoms with Crippen LogP contribution in [0, 0.1) is 0 Å². The van der Waals surface area contributed by atoms with Gasteiger partial charge in [-0.2, -0.15) is 5.10 Å². The fourth-order valence-electron chi connectivity index (χ4n) is 2.31. The van der Waals surface area contributed by atoms with Gasteiger partial charge in [-0.25, -0.2) is 4.68 Å². The van der Waals surface area contributed by atoms with Gasteiger partial charge in [0.1, 0.15) is 0 Å². The molecule has 0 amide bonds. The second-order valence-corrected chi connectivity index (χ2v) is 4.76. The van der Waals surface area contributed by atoms with Gasteiger partial charge >= 0.3 is 0 Å². The molecule has 1 aromatic carbocycles. The zero-order valence-electron chi connectivity index (χ0n) is 11.8. The Bertz CT molecular complexity index is 820. The zero-order valence-corrected chi connectivity index (χ0v) is 11.8. The smallest absolute Gasteiger partial charge is 0.269 e. The molecule has 0 bridgehead atoms. The highest BCUT2D eigenvalue weighted by atomic mass is 16.1. The molecule has 0 atom stereocenters. The monoisotopic (exact) mass is 280 g/mol. The molecule has 0 saturated heterocycles. The molecule has 0 aliphatic rings. The van der Waals surface area contributed by atoms with Gasteiger partial charge in [0.25, 0.3) is 5.56 Å². The second kappa shape index (κ2) is 5.75. The summed E-state index contributed by atoms with van der Waals surface area (Å²) in [7, 11) is 0. The summed E-state index contributed by atoms with van der Waals surface area (Å²) in [6.45, 7) is 3.16. The van der Waals surface area contributed by atoms with E-state index < -0.39 is 0 Å². The number of nitrogens with zero attached hydrogens (tertiary/aromatic N) is 3. The molecule has 0 aliphatic carbocycles. The van der Waals surface area contributed by atoms with Crippen LogP contribution in [0.15, 0.2) is 53.6 Å². The number of aromatic nitrogens is 3. The SMILES string of the molecule is CCNc1cnn(Cc2cccc3cccnc23)c(=O)c1. The van der Waals surface area contributed by atoms with E-state index in [9.17, 15) is 4.79 Å². The number of hydrogen-bond acceptors (Lipinski definition) is 4. The maximum atomic E-state index is 12.1. The molecule has 0 saturated carbocycles. The quantitative estimate of drug-likeness (QED) is 0.796. The lowest BCUT2D eigenvalue weighted by atomic mass is 10.1. The first-order valence-corrected chi connectivity index (χ1v) is 6.91. The van der Waals surface area contributed by atoms with E-state index >= 15 is 0 Å². The average molecular weight is 280 g/mol. The number of para-hydroxylation sites is 1. The maximum absolute atomic E-state index is 12.1. The largest absolute Gasteiger partial charge is 0.384 e. The van der Waals surface area contributed by atoms with Crippen LogP contribution in [0.25, 0.3) is 10.9 Å². The van der Waals surface area contributed by atoms with Crippen molar-refractivity contribution in [2.24, 2.45) is 0 Å². The molecule has 5 heteroatoms. The van der Waals surface area contributed by atoms with Gasteiger partial charge in [-0.15, -0.1) is 0 Å². The first-order chi connectivity index (χ1) is 10.3. The summed E-state index contributed by atoms with van der Waals surface area (Å²) in [5.74, 6) is 0. The number of nitrogens with one attached hydrogen (secondary N) is 1. The molecule has 0 radical (unpaired) electrons. The lowest BCUT2D eigenvalue weighted by Crippen LogP contribution is -2.23. The summed E-state index contributed by atoms with van der Waals surface area (Å²) >= 11 is 0. The summed E-state index contributed by atoms with van der Waals surface area (Å²) < 4.78 is 1.45. The van der Waals surface area contributed by atoms with Crippen molar-refractivity contribution >= 4 is 16.6 Å². The van der Waals surface area contributed by atoms with Crippen molar-refractivity contribution < 1.29 is 0 Å². The molecule has 0 spiro atoms. The molecular formula is C16H16N4O. The molecule has 3 aromatic rings. The Morgan fingerprint density at radius 2 is 2.10 bits per heavy atom. The van der Waals surface area contributed by atoms with Crippen molar-refractivity contribution in [3.05, 3.63) is 64.7 Å². The molecule has 5 nitrogen and oxygen atoms in total. The standard InChI is InChI=1S/C16H16N4O/c1-2-17-14-9-15(21)20(19-10-14)11-13-6-3-5-12-7-4-8-18-16(12)13/h3-10,17H,2,11H2,1H3. The average Bonchev–Trinajstić information content (AvgIpc) is 2.51. The van der Waals surface area contributed by atoms with Crippen molar-refractivity contribution in [3.63, 3.8) is 0 Å². The first kappa shape index (κ1) is 13.3. The van der Waals surface area contributed by atoms with Crippen molar-refractivity contribution in [3.8, 4) is 0 Å². The highest BCUT2D eigenvalue weighted by Gasteiger charge is 2.05. The van der Waals surface area contributed by atoms with Crippen LogP contribution in [0.1, 0.15) is 12.5 Å². The minimum atomic E-state index is -0.124. The van der Waals surface area contributed by atoms with E-state index in [2.05, 4.69) is 15.4 Å². The first-order valence-electron chi connectivity index (χ1n) is 6.91. The molecule has 0 aliphatic heterocycles. The maximum Gasteiger partial charge on any atom is 0.269 e. The Morgan fingerprint density at radius 3 is 2.90 bits per heavy atom. The normalized spacial score (nSPS) is 10.7.